The second-order valence-corrected chi connectivity index (χ2v) is 7.70. The number of nitrogens with one attached hydrogen (secondary N) is 2. The van der Waals surface area contributed by atoms with Gasteiger partial charge >= 0.3 is 0 Å². The van der Waals surface area contributed by atoms with Gasteiger partial charge in [-0.25, -0.2) is 4.98 Å². The van der Waals surface area contributed by atoms with E-state index in [2.05, 4.69) is 15.6 Å². The summed E-state index contributed by atoms with van der Waals surface area (Å²) in [6.07, 6.45) is 7.20. The highest BCUT2D eigenvalue weighted by atomic mass is 16.2. The molecular formula is C23H23N5O2. The Morgan fingerprint density at radius 3 is 2.50 bits per heavy atom. The summed E-state index contributed by atoms with van der Waals surface area (Å²) in [5.74, 6) is -0.398. The number of carbonyl (C=O) groups excluding carboxylic acids is 2. The number of imidazole rings is 1. The highest BCUT2D eigenvalue weighted by Gasteiger charge is 2.24. The summed E-state index contributed by atoms with van der Waals surface area (Å²) in [5.41, 5.74) is 2.76. The van der Waals surface area contributed by atoms with Crippen LogP contribution in [0.25, 0.3) is 5.65 Å². The Morgan fingerprint density at radius 1 is 1.07 bits per heavy atom. The van der Waals surface area contributed by atoms with Crippen LogP contribution in [0.1, 0.15) is 64.1 Å². The standard InChI is InChI=1S/C23H23N5O2/c1-15-7-12-19-26-21(27-22(29)17-10-8-16(13-24)9-11-17)20(28(19)14-15)23(30)25-18-5-3-2-4-6-18/h7-12,14,18H,2-6H2,1H3,(H,25,30)(H,27,29). The van der Waals surface area contributed by atoms with Crippen molar-refractivity contribution in [2.45, 2.75) is 45.1 Å². The third kappa shape index (κ3) is 4.03. The molecule has 2 aromatic heterocycles. The Balaban J connectivity index is 1.66. The van der Waals surface area contributed by atoms with Gasteiger partial charge in [0.2, 0.25) is 0 Å². The van der Waals surface area contributed by atoms with Gasteiger partial charge in [0.25, 0.3) is 11.8 Å². The summed E-state index contributed by atoms with van der Waals surface area (Å²) in [4.78, 5) is 30.4. The Kier molecular flexibility index (Phi) is 5.48. The van der Waals surface area contributed by atoms with Crippen LogP contribution in [0.5, 0.6) is 0 Å². The third-order valence-corrected chi connectivity index (χ3v) is 5.43. The number of aryl methyl sites for hydroxylation is 1. The molecule has 2 heterocycles. The first-order valence-electron chi connectivity index (χ1n) is 10.2. The molecular weight excluding hydrogens is 378 g/mol. The van der Waals surface area contributed by atoms with Crippen LogP contribution in [0.15, 0.2) is 42.6 Å². The van der Waals surface area contributed by atoms with Gasteiger partial charge in [0.15, 0.2) is 11.5 Å². The van der Waals surface area contributed by atoms with E-state index >= 15 is 0 Å². The van der Waals surface area contributed by atoms with Crippen molar-refractivity contribution in [3.8, 4) is 6.07 Å². The maximum absolute atomic E-state index is 13.2. The predicted molar refractivity (Wildman–Crippen MR) is 113 cm³/mol. The monoisotopic (exact) mass is 401 g/mol. The van der Waals surface area contributed by atoms with Crippen LogP contribution in [0.2, 0.25) is 0 Å². The molecule has 30 heavy (non-hydrogen) atoms. The van der Waals surface area contributed by atoms with Gasteiger partial charge in [-0.15, -0.1) is 0 Å². The maximum Gasteiger partial charge on any atom is 0.272 e. The van der Waals surface area contributed by atoms with Gasteiger partial charge < -0.3 is 10.6 Å². The molecule has 1 aromatic carbocycles. The molecule has 0 saturated heterocycles. The number of hydrogen-bond acceptors (Lipinski definition) is 4. The van der Waals surface area contributed by atoms with Crippen LogP contribution < -0.4 is 10.6 Å². The minimum atomic E-state index is -0.383. The second-order valence-electron chi connectivity index (χ2n) is 7.70. The number of carbonyl (C=O) groups is 2. The lowest BCUT2D eigenvalue weighted by atomic mass is 9.95. The molecule has 1 aliphatic carbocycles. The molecule has 4 rings (SSSR count). The number of rotatable bonds is 4. The average Bonchev–Trinajstić information content (AvgIpc) is 3.11. The van der Waals surface area contributed by atoms with E-state index in [1.54, 1.807) is 28.7 Å². The number of anilines is 1. The van der Waals surface area contributed by atoms with Crippen molar-refractivity contribution >= 4 is 23.3 Å². The lowest BCUT2D eigenvalue weighted by molar-refractivity contribution is 0.0922. The van der Waals surface area contributed by atoms with Crippen LogP contribution in [0.4, 0.5) is 5.82 Å². The van der Waals surface area contributed by atoms with E-state index in [0.717, 1.165) is 31.2 Å². The van der Waals surface area contributed by atoms with Crippen LogP contribution in [0, 0.1) is 18.3 Å². The molecule has 2 amide bonds. The molecule has 7 heteroatoms. The molecule has 0 atom stereocenters. The first-order chi connectivity index (χ1) is 14.5. The fourth-order valence-corrected chi connectivity index (χ4v) is 3.83. The van der Waals surface area contributed by atoms with Crippen molar-refractivity contribution in [3.63, 3.8) is 0 Å². The van der Waals surface area contributed by atoms with Gasteiger partial charge in [0.1, 0.15) is 5.65 Å². The highest BCUT2D eigenvalue weighted by molar-refractivity contribution is 6.08. The summed E-state index contributed by atoms with van der Waals surface area (Å²) in [6, 6.07) is 12.2. The molecule has 0 spiro atoms. The lowest BCUT2D eigenvalue weighted by Gasteiger charge is -2.22. The molecule has 3 aromatic rings. The van der Waals surface area contributed by atoms with Crippen molar-refractivity contribution in [2.24, 2.45) is 0 Å². The van der Waals surface area contributed by atoms with Gasteiger partial charge in [-0.1, -0.05) is 25.3 Å². The first-order valence-corrected chi connectivity index (χ1v) is 10.2. The Labute approximate surface area is 174 Å². The minimum absolute atomic E-state index is 0.142. The largest absolute Gasteiger partial charge is 0.348 e. The van der Waals surface area contributed by atoms with E-state index in [-0.39, 0.29) is 23.7 Å². The molecule has 0 unspecified atom stereocenters. The van der Waals surface area contributed by atoms with E-state index in [1.807, 2.05) is 31.3 Å². The van der Waals surface area contributed by atoms with E-state index in [9.17, 15) is 9.59 Å². The van der Waals surface area contributed by atoms with Gasteiger partial charge in [-0.2, -0.15) is 5.26 Å². The summed E-state index contributed by atoms with van der Waals surface area (Å²) in [6.45, 7) is 1.94. The van der Waals surface area contributed by atoms with Gasteiger partial charge in [-0.05, 0) is 55.7 Å². The number of hydrogen-bond donors (Lipinski definition) is 2. The number of nitrogens with zero attached hydrogens (tertiary/aromatic N) is 3. The van der Waals surface area contributed by atoms with Crippen LogP contribution in [0.3, 0.4) is 0 Å². The Bertz CT molecular complexity index is 1130. The van der Waals surface area contributed by atoms with Gasteiger partial charge in [-0.3, -0.25) is 14.0 Å². The normalized spacial score (nSPS) is 14.3. The third-order valence-electron chi connectivity index (χ3n) is 5.43. The Morgan fingerprint density at radius 2 is 1.80 bits per heavy atom. The summed E-state index contributed by atoms with van der Waals surface area (Å²) in [5, 5.41) is 14.8. The number of amides is 2. The van der Waals surface area contributed by atoms with Crippen molar-refractivity contribution in [1.82, 2.24) is 14.7 Å². The Hall–Kier alpha value is -3.66. The van der Waals surface area contributed by atoms with E-state index in [4.69, 9.17) is 5.26 Å². The highest BCUT2D eigenvalue weighted by Crippen LogP contribution is 2.22. The van der Waals surface area contributed by atoms with Crippen molar-refractivity contribution < 1.29 is 9.59 Å². The zero-order valence-corrected chi connectivity index (χ0v) is 16.8. The molecule has 1 fully saturated rings. The number of aromatic nitrogens is 2. The van der Waals surface area contributed by atoms with Crippen LogP contribution in [-0.4, -0.2) is 27.2 Å². The number of nitriles is 1. The molecule has 0 aliphatic heterocycles. The zero-order chi connectivity index (χ0) is 21.1. The molecule has 152 valence electrons. The smallest absolute Gasteiger partial charge is 0.272 e. The second kappa shape index (κ2) is 8.37. The number of benzene rings is 1. The maximum atomic E-state index is 13.2. The van der Waals surface area contributed by atoms with Gasteiger partial charge in [0, 0.05) is 17.8 Å². The molecule has 7 nitrogen and oxygen atoms in total. The summed E-state index contributed by atoms with van der Waals surface area (Å²) in [7, 11) is 0. The van der Waals surface area contributed by atoms with Gasteiger partial charge in [0.05, 0.1) is 11.6 Å². The summed E-state index contributed by atoms with van der Waals surface area (Å²) >= 11 is 0. The zero-order valence-electron chi connectivity index (χ0n) is 16.8. The van der Waals surface area contributed by atoms with Crippen LogP contribution in [-0.2, 0) is 0 Å². The van der Waals surface area contributed by atoms with Crippen molar-refractivity contribution in [2.75, 3.05) is 5.32 Å². The average molecular weight is 401 g/mol. The molecule has 1 aliphatic rings. The minimum Gasteiger partial charge on any atom is -0.348 e. The summed E-state index contributed by atoms with van der Waals surface area (Å²) < 4.78 is 1.72. The molecule has 0 bridgehead atoms. The number of fused-ring (bicyclic) bond motifs is 1. The van der Waals surface area contributed by atoms with E-state index in [0.29, 0.717) is 22.5 Å². The molecule has 0 radical (unpaired) electrons. The topological polar surface area (TPSA) is 99.3 Å². The molecule has 1 saturated carbocycles. The fraction of sp³-hybridized carbons (Fsp3) is 0.304. The SMILES string of the molecule is Cc1ccc2nc(NC(=O)c3ccc(C#N)cc3)c(C(=O)NC3CCCCC3)n2c1. The lowest BCUT2D eigenvalue weighted by Crippen LogP contribution is -2.37. The quantitative estimate of drug-likeness (QED) is 0.694. The van der Waals surface area contributed by atoms with Crippen molar-refractivity contribution in [1.29, 1.82) is 5.26 Å². The van der Waals surface area contributed by atoms with Crippen molar-refractivity contribution in [3.05, 3.63) is 65.0 Å². The van der Waals surface area contributed by atoms with E-state index < -0.39 is 0 Å². The molecule has 2 N–H and O–H groups in total. The predicted octanol–water partition coefficient (Wildman–Crippen LogP) is 3.83. The number of pyridine rings is 1. The first kappa shape index (κ1) is 19.6. The van der Waals surface area contributed by atoms with Crippen LogP contribution >= 0.6 is 0 Å². The fourth-order valence-electron chi connectivity index (χ4n) is 3.83. The van der Waals surface area contributed by atoms with E-state index in [1.165, 1.54) is 6.42 Å².